The molecule has 12 heavy (non-hydrogen) atoms. The zero-order valence-electron chi connectivity index (χ0n) is 6.32. The summed E-state index contributed by atoms with van der Waals surface area (Å²) < 4.78 is 0. The van der Waals surface area contributed by atoms with Crippen LogP contribution in [0.5, 0.6) is 5.75 Å². The highest BCUT2D eigenvalue weighted by Gasteiger charge is 2.03. The SMILES string of the molecule is O=C1C=c2c(O)cccc2=NC1. The van der Waals surface area contributed by atoms with E-state index >= 15 is 0 Å². The van der Waals surface area contributed by atoms with Gasteiger partial charge in [0.15, 0.2) is 5.78 Å². The second-order valence-electron chi connectivity index (χ2n) is 2.64. The zero-order chi connectivity index (χ0) is 8.55. The normalized spacial score (nSPS) is 14.5. The van der Waals surface area contributed by atoms with E-state index in [0.29, 0.717) is 10.6 Å². The number of phenols is 1. The predicted molar refractivity (Wildman–Crippen MR) is 43.2 cm³/mol. The Kier molecular flexibility index (Phi) is 1.43. The van der Waals surface area contributed by atoms with Crippen molar-refractivity contribution in [2.24, 2.45) is 4.99 Å². The van der Waals surface area contributed by atoms with E-state index in [0.717, 1.165) is 0 Å². The Labute approximate surface area is 68.7 Å². The molecule has 1 aromatic rings. The van der Waals surface area contributed by atoms with E-state index in [9.17, 15) is 9.90 Å². The number of benzene rings is 1. The first kappa shape index (κ1) is 7.03. The smallest absolute Gasteiger partial charge is 0.177 e. The molecule has 0 bridgehead atoms. The summed E-state index contributed by atoms with van der Waals surface area (Å²) in [6.45, 7) is 0.191. The highest BCUT2D eigenvalue weighted by Crippen LogP contribution is 1.96. The molecule has 0 amide bonds. The monoisotopic (exact) mass is 161 g/mol. The molecular weight excluding hydrogens is 154 g/mol. The van der Waals surface area contributed by atoms with Gasteiger partial charge in [-0.15, -0.1) is 0 Å². The fourth-order valence-electron chi connectivity index (χ4n) is 1.20. The number of nitrogens with zero attached hydrogens (tertiary/aromatic N) is 1. The Hall–Kier alpha value is -1.64. The number of carbonyl (C=O) groups excluding carboxylic acids is 1. The lowest BCUT2D eigenvalue weighted by Crippen LogP contribution is -2.31. The maximum absolute atomic E-state index is 10.9. The molecule has 1 aromatic carbocycles. The molecule has 0 aliphatic carbocycles. The van der Waals surface area contributed by atoms with Crippen LogP contribution in [0.4, 0.5) is 0 Å². The maximum Gasteiger partial charge on any atom is 0.177 e. The molecular formula is C9H7NO2. The van der Waals surface area contributed by atoms with Gasteiger partial charge in [-0.1, -0.05) is 6.07 Å². The number of hydrogen-bond donors (Lipinski definition) is 1. The third kappa shape index (κ3) is 0.993. The van der Waals surface area contributed by atoms with Crippen LogP contribution in [0.3, 0.4) is 0 Å². The van der Waals surface area contributed by atoms with Crippen LogP contribution in [0.1, 0.15) is 0 Å². The van der Waals surface area contributed by atoms with E-state index < -0.39 is 0 Å². The molecule has 0 fully saturated rings. The topological polar surface area (TPSA) is 49.7 Å². The van der Waals surface area contributed by atoms with E-state index in [1.54, 1.807) is 18.2 Å². The van der Waals surface area contributed by atoms with Crippen LogP contribution < -0.4 is 10.6 Å². The molecule has 1 heterocycles. The molecule has 0 aromatic heterocycles. The van der Waals surface area contributed by atoms with E-state index in [4.69, 9.17) is 0 Å². The van der Waals surface area contributed by atoms with Crippen molar-refractivity contribution in [2.45, 2.75) is 0 Å². The van der Waals surface area contributed by atoms with Crippen LogP contribution in [-0.2, 0) is 4.79 Å². The number of hydrogen-bond acceptors (Lipinski definition) is 3. The van der Waals surface area contributed by atoms with Crippen molar-refractivity contribution in [2.75, 3.05) is 6.54 Å². The number of carbonyl (C=O) groups is 1. The lowest BCUT2D eigenvalue weighted by Gasteiger charge is -1.99. The Morgan fingerprint density at radius 3 is 3.08 bits per heavy atom. The van der Waals surface area contributed by atoms with Crippen molar-refractivity contribution in [1.82, 2.24) is 0 Å². The number of ketones is 1. The molecule has 0 spiro atoms. The van der Waals surface area contributed by atoms with Crippen molar-refractivity contribution < 1.29 is 9.90 Å². The van der Waals surface area contributed by atoms with Gasteiger partial charge in [0.1, 0.15) is 12.3 Å². The average Bonchev–Trinajstić information content (AvgIpc) is 2.07. The summed E-state index contributed by atoms with van der Waals surface area (Å²) >= 11 is 0. The Balaban J connectivity index is 2.89. The summed E-state index contributed by atoms with van der Waals surface area (Å²) in [4.78, 5) is 14.9. The second-order valence-corrected chi connectivity index (χ2v) is 2.64. The molecule has 1 aliphatic heterocycles. The average molecular weight is 161 g/mol. The van der Waals surface area contributed by atoms with Gasteiger partial charge in [-0.05, 0) is 18.2 Å². The Morgan fingerprint density at radius 2 is 2.25 bits per heavy atom. The minimum Gasteiger partial charge on any atom is -0.507 e. The number of fused-ring (bicyclic) bond motifs is 1. The molecule has 0 saturated carbocycles. The Bertz CT molecular complexity index is 448. The largest absolute Gasteiger partial charge is 0.507 e. The van der Waals surface area contributed by atoms with Crippen LogP contribution in [0.15, 0.2) is 23.2 Å². The molecule has 2 rings (SSSR count). The van der Waals surface area contributed by atoms with Gasteiger partial charge >= 0.3 is 0 Å². The van der Waals surface area contributed by atoms with E-state index in [2.05, 4.69) is 4.99 Å². The van der Waals surface area contributed by atoms with Crippen molar-refractivity contribution in [1.29, 1.82) is 0 Å². The highest BCUT2D eigenvalue weighted by atomic mass is 16.3. The third-order valence-electron chi connectivity index (χ3n) is 1.77. The summed E-state index contributed by atoms with van der Waals surface area (Å²) in [6, 6.07) is 5.03. The van der Waals surface area contributed by atoms with Gasteiger partial charge < -0.3 is 5.11 Å². The maximum atomic E-state index is 10.9. The van der Waals surface area contributed by atoms with Crippen LogP contribution in [-0.4, -0.2) is 17.4 Å². The van der Waals surface area contributed by atoms with Gasteiger partial charge in [0.05, 0.1) is 5.36 Å². The quantitative estimate of drug-likeness (QED) is 0.551. The van der Waals surface area contributed by atoms with Gasteiger partial charge in [-0.25, -0.2) is 0 Å². The first-order valence-corrected chi connectivity index (χ1v) is 3.64. The van der Waals surface area contributed by atoms with Crippen LogP contribution in [0.25, 0.3) is 6.08 Å². The molecule has 0 atom stereocenters. The molecule has 60 valence electrons. The number of Topliss-reactive ketones (excluding diaryl/α,β-unsaturated/α-hetero) is 1. The third-order valence-corrected chi connectivity index (χ3v) is 1.77. The Morgan fingerprint density at radius 1 is 1.42 bits per heavy atom. The standard InChI is InChI=1S/C9H7NO2/c11-6-4-7-8(10-5-6)2-1-3-9(7)12/h1-4,12H,5H2. The molecule has 1 N–H and O–H groups in total. The predicted octanol–water partition coefficient (Wildman–Crippen LogP) is -0.625. The summed E-state index contributed by atoms with van der Waals surface area (Å²) in [5, 5.41) is 10.6. The van der Waals surface area contributed by atoms with Crippen molar-refractivity contribution >= 4 is 11.9 Å². The minimum atomic E-state index is -0.0657. The molecule has 1 aliphatic rings. The van der Waals surface area contributed by atoms with Crippen LogP contribution >= 0.6 is 0 Å². The van der Waals surface area contributed by atoms with Crippen molar-refractivity contribution in [3.05, 3.63) is 28.8 Å². The van der Waals surface area contributed by atoms with Crippen LogP contribution in [0, 0.1) is 0 Å². The van der Waals surface area contributed by atoms with Gasteiger partial charge in [-0.3, -0.25) is 9.79 Å². The number of rotatable bonds is 0. The number of aromatic hydroxyl groups is 1. The molecule has 3 heteroatoms. The highest BCUT2D eigenvalue weighted by molar-refractivity contribution is 6.08. The lowest BCUT2D eigenvalue weighted by atomic mass is 10.2. The summed E-state index contributed by atoms with van der Waals surface area (Å²) in [5.41, 5.74) is 0. The van der Waals surface area contributed by atoms with E-state index in [1.807, 2.05) is 0 Å². The van der Waals surface area contributed by atoms with E-state index in [-0.39, 0.29) is 18.1 Å². The van der Waals surface area contributed by atoms with Crippen molar-refractivity contribution in [3.8, 4) is 5.75 Å². The van der Waals surface area contributed by atoms with Crippen LogP contribution in [0.2, 0.25) is 0 Å². The lowest BCUT2D eigenvalue weighted by molar-refractivity contribution is -0.112. The van der Waals surface area contributed by atoms with Gasteiger partial charge in [0.2, 0.25) is 0 Å². The first-order chi connectivity index (χ1) is 5.77. The van der Waals surface area contributed by atoms with E-state index in [1.165, 1.54) is 6.08 Å². The zero-order valence-corrected chi connectivity index (χ0v) is 6.32. The first-order valence-electron chi connectivity index (χ1n) is 3.64. The second kappa shape index (κ2) is 2.44. The molecule has 0 radical (unpaired) electrons. The summed E-state index contributed by atoms with van der Waals surface area (Å²) in [6.07, 6.45) is 1.43. The molecule has 3 nitrogen and oxygen atoms in total. The molecule has 0 unspecified atom stereocenters. The molecule has 0 saturated heterocycles. The summed E-state index contributed by atoms with van der Waals surface area (Å²) in [7, 11) is 0. The minimum absolute atomic E-state index is 0.0657. The van der Waals surface area contributed by atoms with Gasteiger partial charge in [0.25, 0.3) is 0 Å². The fraction of sp³-hybridized carbons (Fsp3) is 0.111. The summed E-state index contributed by atoms with van der Waals surface area (Å²) in [5.74, 6) is 0.0494. The van der Waals surface area contributed by atoms with Gasteiger partial charge in [-0.2, -0.15) is 0 Å². The van der Waals surface area contributed by atoms with Crippen molar-refractivity contribution in [3.63, 3.8) is 0 Å². The fourth-order valence-corrected chi connectivity index (χ4v) is 1.20. The number of phenolic OH excluding ortho intramolecular Hbond substituents is 1. The van der Waals surface area contributed by atoms with Gasteiger partial charge in [0, 0.05) is 5.22 Å².